The highest BCUT2D eigenvalue weighted by molar-refractivity contribution is 5.94. The molecule has 4 heterocycles. The fourth-order valence-electron chi connectivity index (χ4n) is 5.53. The Kier molecular flexibility index (Phi) is 8.35. The molecule has 0 aromatic carbocycles. The maximum absolute atomic E-state index is 11.8. The zero-order valence-electron chi connectivity index (χ0n) is 22.9. The molecule has 0 spiro atoms. The van der Waals surface area contributed by atoms with Gasteiger partial charge in [-0.05, 0) is 50.8 Å². The Morgan fingerprint density at radius 2 is 1.95 bits per heavy atom. The molecule has 0 bridgehead atoms. The Hall–Kier alpha value is -3.72. The van der Waals surface area contributed by atoms with Crippen molar-refractivity contribution < 1.29 is 24.1 Å². The van der Waals surface area contributed by atoms with Crippen LogP contribution in [0, 0.1) is 11.3 Å². The molecule has 1 atom stereocenters. The van der Waals surface area contributed by atoms with Crippen molar-refractivity contribution in [2.75, 3.05) is 38.1 Å². The lowest BCUT2D eigenvalue weighted by atomic mass is 9.70. The van der Waals surface area contributed by atoms with E-state index in [0.29, 0.717) is 52.4 Å². The van der Waals surface area contributed by atoms with Crippen molar-refractivity contribution in [3.8, 4) is 17.7 Å². The van der Waals surface area contributed by atoms with Crippen molar-refractivity contribution in [1.29, 1.82) is 5.26 Å². The number of fused-ring (bicyclic) bond motifs is 2. The largest absolute Gasteiger partial charge is 0.481 e. The van der Waals surface area contributed by atoms with Crippen LogP contribution in [-0.4, -0.2) is 71.1 Å². The first kappa shape index (κ1) is 29.3. The van der Waals surface area contributed by atoms with Crippen LogP contribution in [0.25, 0.3) is 11.0 Å². The Bertz CT molecular complexity index is 1450. The maximum Gasteiger partial charge on any atom is 0.263 e. The van der Waals surface area contributed by atoms with Gasteiger partial charge in [0.1, 0.15) is 11.9 Å². The first-order chi connectivity index (χ1) is 18.7. The molecule has 1 aliphatic carbocycles. The van der Waals surface area contributed by atoms with Crippen LogP contribution in [0.2, 0.25) is 0 Å². The van der Waals surface area contributed by atoms with Crippen LogP contribution in [0.5, 0.6) is 11.6 Å². The SMILES string of the molecule is COc1ccc2ncc(C#N)c(CC(O)C3(OC)CCC(C)(N(C)c4ccc5c(n4)NC(=O)CO5)CC3)c2n1.Cl. The van der Waals surface area contributed by atoms with Crippen molar-refractivity contribution in [2.45, 2.75) is 56.3 Å². The summed E-state index contributed by atoms with van der Waals surface area (Å²) >= 11 is 0. The number of carbonyl (C=O) groups is 1. The van der Waals surface area contributed by atoms with Crippen molar-refractivity contribution >= 4 is 41.0 Å². The fraction of sp³-hybridized carbons (Fsp3) is 0.464. The van der Waals surface area contributed by atoms with Gasteiger partial charge in [-0.15, -0.1) is 12.4 Å². The average Bonchev–Trinajstić information content (AvgIpc) is 2.96. The van der Waals surface area contributed by atoms with E-state index in [0.717, 1.165) is 18.7 Å². The molecule has 1 amide bonds. The van der Waals surface area contributed by atoms with Crippen LogP contribution in [0.1, 0.15) is 43.7 Å². The summed E-state index contributed by atoms with van der Waals surface area (Å²) in [4.78, 5) is 27.4. The Labute approximate surface area is 238 Å². The van der Waals surface area contributed by atoms with Gasteiger partial charge in [0.15, 0.2) is 18.2 Å². The van der Waals surface area contributed by atoms with Gasteiger partial charge in [-0.25, -0.2) is 9.97 Å². The lowest BCUT2D eigenvalue weighted by molar-refractivity contribution is -0.129. The van der Waals surface area contributed by atoms with Crippen LogP contribution in [0.15, 0.2) is 30.5 Å². The maximum atomic E-state index is 11.8. The van der Waals surface area contributed by atoms with E-state index in [9.17, 15) is 15.2 Å². The number of nitrogens with one attached hydrogen (secondary N) is 1. The quantitative estimate of drug-likeness (QED) is 0.435. The van der Waals surface area contributed by atoms with Gasteiger partial charge in [0.2, 0.25) is 5.88 Å². The second-order valence-corrected chi connectivity index (χ2v) is 10.4. The van der Waals surface area contributed by atoms with E-state index < -0.39 is 11.7 Å². The summed E-state index contributed by atoms with van der Waals surface area (Å²) < 4.78 is 16.7. The predicted octanol–water partition coefficient (Wildman–Crippen LogP) is 3.42. The predicted molar refractivity (Wildman–Crippen MR) is 151 cm³/mol. The number of hydrogen-bond acceptors (Lipinski definition) is 10. The van der Waals surface area contributed by atoms with Crippen LogP contribution in [-0.2, 0) is 16.0 Å². The van der Waals surface area contributed by atoms with Crippen LogP contribution >= 0.6 is 12.4 Å². The number of rotatable bonds is 7. The number of pyridine rings is 3. The summed E-state index contributed by atoms with van der Waals surface area (Å²) in [5, 5.41) is 24.1. The van der Waals surface area contributed by atoms with Gasteiger partial charge in [-0.2, -0.15) is 5.26 Å². The number of nitrogens with zero attached hydrogens (tertiary/aromatic N) is 5. The number of aliphatic hydroxyl groups excluding tert-OH is 1. The minimum absolute atomic E-state index is 0. The molecule has 0 saturated heterocycles. The number of carbonyl (C=O) groups excluding carboxylic acids is 1. The molecule has 2 N–H and O–H groups in total. The summed E-state index contributed by atoms with van der Waals surface area (Å²) in [6.07, 6.45) is 3.47. The van der Waals surface area contributed by atoms with Gasteiger partial charge in [0.05, 0.1) is 35.4 Å². The first-order valence-electron chi connectivity index (χ1n) is 12.9. The number of aliphatic hydroxyl groups is 1. The number of nitriles is 1. The standard InChI is InChI=1S/C28H32N6O5.ClH/c1-27(34(2)22-7-6-20-26(31-22)32-23(36)16-39-20)9-11-28(38-4,12-10-27)21(35)13-18-17(14-29)15-30-19-5-8-24(37-3)33-25(18)19;/h5-8,15,21,35H,9-13,16H2,1-4H3,(H,31,32,36);1H. The summed E-state index contributed by atoms with van der Waals surface area (Å²) in [6.45, 7) is 2.15. The molecular weight excluding hydrogens is 536 g/mol. The van der Waals surface area contributed by atoms with Crippen LogP contribution in [0.3, 0.4) is 0 Å². The molecule has 0 radical (unpaired) electrons. The molecule has 40 heavy (non-hydrogen) atoms. The van der Waals surface area contributed by atoms with Crippen molar-refractivity contribution in [2.24, 2.45) is 0 Å². The molecular formula is C28H33ClN6O5. The Morgan fingerprint density at radius 3 is 2.62 bits per heavy atom. The molecule has 1 saturated carbocycles. The third kappa shape index (κ3) is 5.22. The highest BCUT2D eigenvalue weighted by atomic mass is 35.5. The zero-order valence-corrected chi connectivity index (χ0v) is 23.7. The monoisotopic (exact) mass is 568 g/mol. The summed E-state index contributed by atoms with van der Waals surface area (Å²) in [5.74, 6) is 1.87. The van der Waals surface area contributed by atoms with Crippen LogP contribution in [0.4, 0.5) is 11.6 Å². The number of methoxy groups -OCH3 is 2. The van der Waals surface area contributed by atoms with Crippen molar-refractivity contribution in [3.63, 3.8) is 0 Å². The van der Waals surface area contributed by atoms with Crippen LogP contribution < -0.4 is 19.7 Å². The highest BCUT2D eigenvalue weighted by Crippen LogP contribution is 2.44. The minimum Gasteiger partial charge on any atom is -0.481 e. The smallest absolute Gasteiger partial charge is 0.263 e. The van der Waals surface area contributed by atoms with Gasteiger partial charge in [-0.1, -0.05) is 0 Å². The topological polar surface area (TPSA) is 143 Å². The summed E-state index contributed by atoms with van der Waals surface area (Å²) in [5.41, 5.74) is 1.08. The van der Waals surface area contributed by atoms with E-state index >= 15 is 0 Å². The molecule has 3 aromatic rings. The van der Waals surface area contributed by atoms with Gasteiger partial charge < -0.3 is 29.5 Å². The molecule has 11 nitrogen and oxygen atoms in total. The van der Waals surface area contributed by atoms with E-state index in [-0.39, 0.29) is 36.9 Å². The molecule has 1 aliphatic heterocycles. The molecule has 1 fully saturated rings. The number of hydrogen-bond donors (Lipinski definition) is 2. The molecule has 212 valence electrons. The second kappa shape index (κ2) is 11.4. The van der Waals surface area contributed by atoms with E-state index in [1.807, 2.05) is 19.2 Å². The lowest BCUT2D eigenvalue weighted by Crippen LogP contribution is -2.56. The van der Waals surface area contributed by atoms with E-state index in [4.69, 9.17) is 14.2 Å². The number of aromatic nitrogens is 3. The summed E-state index contributed by atoms with van der Waals surface area (Å²) in [6, 6.07) is 9.40. The third-order valence-corrected chi connectivity index (χ3v) is 8.32. The second-order valence-electron chi connectivity index (χ2n) is 10.4. The highest BCUT2D eigenvalue weighted by Gasteiger charge is 2.47. The van der Waals surface area contributed by atoms with Gasteiger partial charge in [0, 0.05) is 43.9 Å². The lowest BCUT2D eigenvalue weighted by Gasteiger charge is -2.50. The molecule has 1 unspecified atom stereocenters. The molecule has 2 aliphatic rings. The van der Waals surface area contributed by atoms with Gasteiger partial charge in [0.25, 0.3) is 5.91 Å². The number of amides is 1. The van der Waals surface area contributed by atoms with Gasteiger partial charge in [-0.3, -0.25) is 9.78 Å². The van der Waals surface area contributed by atoms with Crippen molar-refractivity contribution in [3.05, 3.63) is 41.6 Å². The molecule has 12 heteroatoms. The molecule has 5 rings (SSSR count). The van der Waals surface area contributed by atoms with Gasteiger partial charge >= 0.3 is 0 Å². The zero-order chi connectivity index (χ0) is 27.8. The first-order valence-corrected chi connectivity index (χ1v) is 12.9. The number of ether oxygens (including phenoxy) is 3. The van der Waals surface area contributed by atoms with Crippen molar-refractivity contribution in [1.82, 2.24) is 15.0 Å². The number of anilines is 2. The Morgan fingerprint density at radius 1 is 1.20 bits per heavy atom. The van der Waals surface area contributed by atoms with E-state index in [2.05, 4.69) is 38.2 Å². The van der Waals surface area contributed by atoms with E-state index in [1.54, 1.807) is 19.2 Å². The third-order valence-electron chi connectivity index (χ3n) is 8.32. The Balaban J connectivity index is 0.00000370. The number of halogens is 1. The fourth-order valence-corrected chi connectivity index (χ4v) is 5.53. The summed E-state index contributed by atoms with van der Waals surface area (Å²) in [7, 11) is 5.14. The molecule has 3 aromatic heterocycles. The normalized spacial score (nSPS) is 22.6. The van der Waals surface area contributed by atoms with E-state index in [1.165, 1.54) is 13.3 Å². The average molecular weight is 569 g/mol. The minimum atomic E-state index is -0.878.